The minimum absolute atomic E-state index is 0.0368. The van der Waals surface area contributed by atoms with Crippen LogP contribution in [-0.2, 0) is 24.8 Å². The van der Waals surface area contributed by atoms with E-state index >= 15 is 0 Å². The molecule has 1 aromatic carbocycles. The molecule has 3 rings (SSSR count). The number of anilines is 1. The van der Waals surface area contributed by atoms with Gasteiger partial charge in [0.05, 0.1) is 4.90 Å². The van der Waals surface area contributed by atoms with Crippen LogP contribution in [0.15, 0.2) is 58.6 Å². The van der Waals surface area contributed by atoms with Gasteiger partial charge in [0.1, 0.15) is 4.90 Å². The molecule has 0 spiro atoms. The average molecular weight is 481 g/mol. The minimum atomic E-state index is -3.71. The number of piperidine rings is 1. The van der Waals surface area contributed by atoms with Gasteiger partial charge in [0.2, 0.25) is 26.0 Å². The van der Waals surface area contributed by atoms with E-state index in [1.807, 2.05) is 0 Å². The second kappa shape index (κ2) is 10.1. The lowest BCUT2D eigenvalue weighted by Crippen LogP contribution is -2.41. The topological polar surface area (TPSA) is 126 Å². The molecule has 2 heterocycles. The molecule has 11 heteroatoms. The quantitative estimate of drug-likeness (QED) is 0.596. The third kappa shape index (κ3) is 5.91. The van der Waals surface area contributed by atoms with Crippen molar-refractivity contribution < 1.29 is 21.6 Å². The molecule has 0 radical (unpaired) electrons. The molecular weight excluding hydrogens is 452 g/mol. The van der Waals surface area contributed by atoms with E-state index in [1.165, 1.54) is 34.9 Å². The lowest BCUT2D eigenvalue weighted by Gasteiger charge is -2.31. The Hall–Kier alpha value is -2.34. The van der Waals surface area contributed by atoms with E-state index in [0.29, 0.717) is 31.6 Å². The number of amides is 1. The highest BCUT2D eigenvalue weighted by atomic mass is 32.2. The van der Waals surface area contributed by atoms with Gasteiger partial charge in [-0.1, -0.05) is 13.8 Å². The largest absolute Gasteiger partial charge is 0.326 e. The number of benzene rings is 1. The zero-order valence-corrected chi connectivity index (χ0v) is 19.7. The lowest BCUT2D eigenvalue weighted by molar-refractivity contribution is -0.118. The summed E-state index contributed by atoms with van der Waals surface area (Å²) in [5, 5.41) is 2.72. The van der Waals surface area contributed by atoms with Crippen LogP contribution in [0.25, 0.3) is 0 Å². The number of sulfonamides is 2. The van der Waals surface area contributed by atoms with Crippen molar-refractivity contribution in [3.8, 4) is 0 Å². The predicted molar refractivity (Wildman–Crippen MR) is 121 cm³/mol. The van der Waals surface area contributed by atoms with Crippen LogP contribution in [0.1, 0.15) is 26.7 Å². The SMILES string of the molecule is CC(C)C(=O)Nc1ccc(S(=O)(=O)NCC2CCN(S(=O)(=O)c3cccnc3)CC2)cc1. The van der Waals surface area contributed by atoms with Gasteiger partial charge < -0.3 is 5.32 Å². The van der Waals surface area contributed by atoms with Crippen LogP contribution in [0.4, 0.5) is 5.69 Å². The Bertz CT molecular complexity index is 1130. The first-order valence-electron chi connectivity index (χ1n) is 10.4. The van der Waals surface area contributed by atoms with Crippen LogP contribution in [0.3, 0.4) is 0 Å². The van der Waals surface area contributed by atoms with Crippen molar-refractivity contribution in [1.29, 1.82) is 0 Å². The normalized spacial score (nSPS) is 16.2. The van der Waals surface area contributed by atoms with Crippen molar-refractivity contribution in [3.63, 3.8) is 0 Å². The fourth-order valence-corrected chi connectivity index (χ4v) is 5.87. The number of pyridine rings is 1. The van der Waals surface area contributed by atoms with Gasteiger partial charge in [0.25, 0.3) is 0 Å². The van der Waals surface area contributed by atoms with Gasteiger partial charge in [0, 0.05) is 43.6 Å². The van der Waals surface area contributed by atoms with Gasteiger partial charge in [-0.25, -0.2) is 21.6 Å². The highest BCUT2D eigenvalue weighted by Gasteiger charge is 2.30. The summed E-state index contributed by atoms with van der Waals surface area (Å²) >= 11 is 0. The molecule has 1 aromatic heterocycles. The van der Waals surface area contributed by atoms with E-state index in [9.17, 15) is 21.6 Å². The van der Waals surface area contributed by atoms with E-state index in [2.05, 4.69) is 15.0 Å². The summed E-state index contributed by atoms with van der Waals surface area (Å²) in [4.78, 5) is 15.9. The van der Waals surface area contributed by atoms with Crippen molar-refractivity contribution in [2.75, 3.05) is 25.0 Å². The molecule has 2 N–H and O–H groups in total. The van der Waals surface area contributed by atoms with Crippen molar-refractivity contribution in [2.24, 2.45) is 11.8 Å². The predicted octanol–water partition coefficient (Wildman–Crippen LogP) is 2.06. The van der Waals surface area contributed by atoms with Crippen LogP contribution < -0.4 is 10.0 Å². The van der Waals surface area contributed by atoms with Gasteiger partial charge in [-0.2, -0.15) is 4.31 Å². The van der Waals surface area contributed by atoms with Gasteiger partial charge in [0.15, 0.2) is 0 Å². The van der Waals surface area contributed by atoms with Crippen LogP contribution in [0, 0.1) is 11.8 Å². The zero-order valence-electron chi connectivity index (χ0n) is 18.1. The van der Waals surface area contributed by atoms with E-state index in [4.69, 9.17) is 0 Å². The van der Waals surface area contributed by atoms with Crippen molar-refractivity contribution in [2.45, 2.75) is 36.5 Å². The van der Waals surface area contributed by atoms with Crippen LogP contribution in [0.2, 0.25) is 0 Å². The van der Waals surface area contributed by atoms with Crippen molar-refractivity contribution >= 4 is 31.6 Å². The Morgan fingerprint density at radius 1 is 1.06 bits per heavy atom. The molecule has 174 valence electrons. The summed E-state index contributed by atoms with van der Waals surface area (Å²) in [6, 6.07) is 9.09. The smallest absolute Gasteiger partial charge is 0.244 e. The number of hydrogen-bond acceptors (Lipinski definition) is 6. The number of aromatic nitrogens is 1. The summed E-state index contributed by atoms with van der Waals surface area (Å²) < 4.78 is 54.6. The second-order valence-electron chi connectivity index (χ2n) is 8.06. The molecular formula is C21H28N4O5S2. The van der Waals surface area contributed by atoms with Gasteiger partial charge in [-0.15, -0.1) is 0 Å². The fourth-order valence-electron chi connectivity index (χ4n) is 3.32. The van der Waals surface area contributed by atoms with Gasteiger partial charge >= 0.3 is 0 Å². The van der Waals surface area contributed by atoms with Gasteiger partial charge in [-0.05, 0) is 55.2 Å². The maximum absolute atomic E-state index is 12.7. The first-order chi connectivity index (χ1) is 15.1. The number of nitrogens with zero attached hydrogens (tertiary/aromatic N) is 2. The Kier molecular flexibility index (Phi) is 7.65. The summed E-state index contributed by atoms with van der Waals surface area (Å²) in [7, 11) is -7.30. The first kappa shape index (κ1) is 24.3. The fraction of sp³-hybridized carbons (Fsp3) is 0.429. The molecule has 2 aromatic rings. The average Bonchev–Trinajstić information content (AvgIpc) is 2.79. The number of nitrogens with one attached hydrogen (secondary N) is 2. The number of carbonyl (C=O) groups excluding carboxylic acids is 1. The van der Waals surface area contributed by atoms with Crippen LogP contribution in [-0.4, -0.2) is 51.7 Å². The third-order valence-corrected chi connectivity index (χ3v) is 8.69. The maximum Gasteiger partial charge on any atom is 0.244 e. The Labute approximate surface area is 189 Å². The molecule has 1 fully saturated rings. The van der Waals surface area contributed by atoms with E-state index in [0.717, 1.165) is 0 Å². The molecule has 1 aliphatic heterocycles. The molecule has 32 heavy (non-hydrogen) atoms. The first-order valence-corrected chi connectivity index (χ1v) is 13.3. The summed E-state index contributed by atoms with van der Waals surface area (Å²) in [5.41, 5.74) is 0.532. The Morgan fingerprint density at radius 2 is 1.72 bits per heavy atom. The van der Waals surface area contributed by atoms with E-state index in [1.54, 1.807) is 32.0 Å². The molecule has 0 unspecified atom stereocenters. The summed E-state index contributed by atoms with van der Waals surface area (Å²) in [5.74, 6) is -0.281. The lowest BCUT2D eigenvalue weighted by atomic mass is 9.99. The maximum atomic E-state index is 12.7. The Balaban J connectivity index is 1.53. The number of carbonyl (C=O) groups is 1. The summed E-state index contributed by atoms with van der Waals surface area (Å²) in [6.45, 7) is 4.43. The molecule has 1 saturated heterocycles. The van der Waals surface area contributed by atoms with E-state index < -0.39 is 20.0 Å². The third-order valence-electron chi connectivity index (χ3n) is 5.36. The zero-order chi connectivity index (χ0) is 23.4. The van der Waals surface area contributed by atoms with Crippen molar-refractivity contribution in [1.82, 2.24) is 14.0 Å². The highest BCUT2D eigenvalue weighted by Crippen LogP contribution is 2.23. The Morgan fingerprint density at radius 3 is 2.28 bits per heavy atom. The number of hydrogen-bond donors (Lipinski definition) is 2. The van der Waals surface area contributed by atoms with Crippen molar-refractivity contribution in [3.05, 3.63) is 48.8 Å². The van der Waals surface area contributed by atoms with Crippen LogP contribution in [0.5, 0.6) is 0 Å². The highest BCUT2D eigenvalue weighted by molar-refractivity contribution is 7.89. The van der Waals surface area contributed by atoms with E-state index in [-0.39, 0.29) is 34.1 Å². The molecule has 0 atom stereocenters. The monoisotopic (exact) mass is 480 g/mol. The molecule has 0 saturated carbocycles. The summed E-state index contributed by atoms with van der Waals surface area (Å²) in [6.07, 6.45) is 3.96. The minimum Gasteiger partial charge on any atom is -0.326 e. The second-order valence-corrected chi connectivity index (χ2v) is 11.8. The molecule has 9 nitrogen and oxygen atoms in total. The molecule has 1 aliphatic rings. The number of rotatable bonds is 8. The van der Waals surface area contributed by atoms with Crippen LogP contribution >= 0.6 is 0 Å². The molecule has 0 aliphatic carbocycles. The molecule has 0 bridgehead atoms. The molecule has 1 amide bonds. The standard InChI is InChI=1S/C21H28N4O5S2/c1-16(2)21(26)24-18-5-7-19(8-6-18)31(27,28)23-14-17-9-12-25(13-10-17)32(29,30)20-4-3-11-22-15-20/h3-8,11,15-17,23H,9-10,12-14H2,1-2H3,(H,24,26). The van der Waals surface area contributed by atoms with Gasteiger partial charge in [-0.3, -0.25) is 9.78 Å².